The van der Waals surface area contributed by atoms with Crippen LogP contribution in [0.4, 0.5) is 5.69 Å². The van der Waals surface area contributed by atoms with Crippen molar-refractivity contribution in [2.75, 3.05) is 11.9 Å². The van der Waals surface area contributed by atoms with Crippen LogP contribution in [0.5, 0.6) is 0 Å². The highest BCUT2D eigenvalue weighted by Crippen LogP contribution is 2.26. The molecule has 0 radical (unpaired) electrons. The minimum atomic E-state index is -2.36. The van der Waals surface area contributed by atoms with Crippen molar-refractivity contribution in [3.8, 4) is 0 Å². The fourth-order valence-corrected chi connectivity index (χ4v) is 2.91. The van der Waals surface area contributed by atoms with Crippen molar-refractivity contribution in [3.05, 3.63) is 29.8 Å². The molecule has 21 heavy (non-hydrogen) atoms. The quantitative estimate of drug-likeness (QED) is 0.514. The van der Waals surface area contributed by atoms with Crippen molar-refractivity contribution < 1.29 is 15.3 Å². The Hall–Kier alpha value is -1.14. The standard InChI is InChI=1S/C16H26N2O3/c17-16(20,21)10-15(19)13-7-4-8-14(9-13)18-11-12-5-2-1-3-6-12/h4,7-9,12,15,18-21H,1-3,5-6,10-11,17H2. The lowest BCUT2D eigenvalue weighted by Gasteiger charge is -2.23. The van der Waals surface area contributed by atoms with E-state index in [-0.39, 0.29) is 6.42 Å². The lowest BCUT2D eigenvalue weighted by Crippen LogP contribution is -2.40. The van der Waals surface area contributed by atoms with Crippen molar-refractivity contribution in [1.29, 1.82) is 0 Å². The molecule has 0 amide bonds. The Balaban J connectivity index is 1.90. The van der Waals surface area contributed by atoms with Gasteiger partial charge in [0.1, 0.15) is 0 Å². The second-order valence-corrected chi connectivity index (χ2v) is 6.11. The highest BCUT2D eigenvalue weighted by Gasteiger charge is 2.22. The summed E-state index contributed by atoms with van der Waals surface area (Å²) in [4.78, 5) is 0. The Labute approximate surface area is 125 Å². The Bertz CT molecular complexity index is 439. The molecule has 1 fully saturated rings. The van der Waals surface area contributed by atoms with E-state index in [1.165, 1.54) is 32.1 Å². The molecular formula is C16H26N2O3. The van der Waals surface area contributed by atoms with E-state index < -0.39 is 12.0 Å². The fourth-order valence-electron chi connectivity index (χ4n) is 2.91. The maximum atomic E-state index is 9.97. The van der Waals surface area contributed by atoms with Crippen molar-refractivity contribution >= 4 is 5.69 Å². The van der Waals surface area contributed by atoms with Gasteiger partial charge in [-0.25, -0.2) is 0 Å². The summed E-state index contributed by atoms with van der Waals surface area (Å²) in [6.07, 6.45) is 5.22. The third kappa shape index (κ3) is 5.63. The van der Waals surface area contributed by atoms with E-state index in [0.29, 0.717) is 5.56 Å². The third-order valence-electron chi connectivity index (χ3n) is 4.08. The summed E-state index contributed by atoms with van der Waals surface area (Å²) in [6, 6.07) is 7.38. The van der Waals surface area contributed by atoms with Crippen LogP contribution in [0.15, 0.2) is 24.3 Å². The first-order valence-corrected chi connectivity index (χ1v) is 7.69. The van der Waals surface area contributed by atoms with Gasteiger partial charge in [-0.2, -0.15) is 0 Å². The molecule has 5 nitrogen and oxygen atoms in total. The molecule has 1 atom stereocenters. The normalized spacial score (nSPS) is 18.5. The molecule has 1 aromatic carbocycles. The second-order valence-electron chi connectivity index (χ2n) is 6.11. The minimum Gasteiger partial charge on any atom is -0.388 e. The third-order valence-corrected chi connectivity index (χ3v) is 4.08. The number of nitrogens with two attached hydrogens (primary N) is 1. The summed E-state index contributed by atoms with van der Waals surface area (Å²) in [5.41, 5.74) is 6.67. The predicted octanol–water partition coefficient (Wildman–Crippen LogP) is 1.70. The lowest BCUT2D eigenvalue weighted by molar-refractivity contribution is -0.176. The molecule has 0 aliphatic heterocycles. The summed E-state index contributed by atoms with van der Waals surface area (Å²) in [5, 5.41) is 31.7. The largest absolute Gasteiger partial charge is 0.388 e. The maximum Gasteiger partial charge on any atom is 0.222 e. The molecule has 1 unspecified atom stereocenters. The molecular weight excluding hydrogens is 268 g/mol. The molecule has 0 bridgehead atoms. The van der Waals surface area contributed by atoms with Gasteiger partial charge in [-0.1, -0.05) is 31.4 Å². The van der Waals surface area contributed by atoms with Crippen LogP contribution >= 0.6 is 0 Å². The van der Waals surface area contributed by atoms with E-state index in [0.717, 1.165) is 18.2 Å². The van der Waals surface area contributed by atoms with Gasteiger partial charge < -0.3 is 20.6 Å². The SMILES string of the molecule is NC(O)(O)CC(O)c1cccc(NCC2CCCCC2)c1. The Kier molecular flexibility index (Phi) is 5.58. The number of anilines is 1. The van der Waals surface area contributed by atoms with Crippen LogP contribution in [0.25, 0.3) is 0 Å². The molecule has 0 spiro atoms. The van der Waals surface area contributed by atoms with Gasteiger partial charge >= 0.3 is 0 Å². The first-order valence-electron chi connectivity index (χ1n) is 7.69. The molecule has 0 saturated heterocycles. The van der Waals surface area contributed by atoms with Crippen LogP contribution in [0.1, 0.15) is 50.2 Å². The average Bonchev–Trinajstić information content (AvgIpc) is 2.45. The molecule has 1 aromatic rings. The van der Waals surface area contributed by atoms with Crippen LogP contribution in [0, 0.1) is 5.92 Å². The summed E-state index contributed by atoms with van der Waals surface area (Å²) in [7, 11) is 0. The average molecular weight is 294 g/mol. The topological polar surface area (TPSA) is 98.7 Å². The molecule has 0 aromatic heterocycles. The first-order chi connectivity index (χ1) is 9.94. The zero-order valence-corrected chi connectivity index (χ0v) is 12.3. The maximum absolute atomic E-state index is 9.97. The first kappa shape index (κ1) is 16.2. The van der Waals surface area contributed by atoms with Crippen molar-refractivity contribution in [2.45, 2.75) is 50.5 Å². The fraction of sp³-hybridized carbons (Fsp3) is 0.625. The molecule has 5 heteroatoms. The van der Waals surface area contributed by atoms with Gasteiger partial charge in [-0.15, -0.1) is 0 Å². The molecule has 0 heterocycles. The smallest absolute Gasteiger partial charge is 0.222 e. The van der Waals surface area contributed by atoms with Crippen molar-refractivity contribution in [2.24, 2.45) is 11.7 Å². The Morgan fingerprint density at radius 3 is 2.62 bits per heavy atom. The minimum absolute atomic E-state index is 0.320. The number of hydrogen-bond acceptors (Lipinski definition) is 5. The molecule has 2 rings (SSSR count). The van der Waals surface area contributed by atoms with E-state index >= 15 is 0 Å². The predicted molar refractivity (Wildman–Crippen MR) is 82.4 cm³/mol. The van der Waals surface area contributed by atoms with Gasteiger partial charge in [0.15, 0.2) is 0 Å². The van der Waals surface area contributed by atoms with Crippen LogP contribution in [-0.2, 0) is 0 Å². The van der Waals surface area contributed by atoms with Gasteiger partial charge in [0.25, 0.3) is 0 Å². The molecule has 1 aliphatic rings. The number of aliphatic hydroxyl groups is 3. The van der Waals surface area contributed by atoms with E-state index in [2.05, 4.69) is 5.32 Å². The molecule has 6 N–H and O–H groups in total. The van der Waals surface area contributed by atoms with E-state index in [1.54, 1.807) is 6.07 Å². The highest BCUT2D eigenvalue weighted by atomic mass is 16.5. The van der Waals surface area contributed by atoms with Crippen LogP contribution < -0.4 is 11.1 Å². The second kappa shape index (κ2) is 7.22. The van der Waals surface area contributed by atoms with Crippen LogP contribution in [-0.4, -0.2) is 27.8 Å². The van der Waals surface area contributed by atoms with Gasteiger partial charge in [-0.3, -0.25) is 5.73 Å². The van der Waals surface area contributed by atoms with Gasteiger partial charge in [0.2, 0.25) is 5.91 Å². The van der Waals surface area contributed by atoms with Gasteiger partial charge in [0, 0.05) is 18.7 Å². The van der Waals surface area contributed by atoms with E-state index in [1.807, 2.05) is 18.2 Å². The monoisotopic (exact) mass is 294 g/mol. The highest BCUT2D eigenvalue weighted by molar-refractivity contribution is 5.46. The Morgan fingerprint density at radius 2 is 1.95 bits per heavy atom. The summed E-state index contributed by atoms with van der Waals surface area (Å²) in [6.45, 7) is 0.945. The Morgan fingerprint density at radius 1 is 1.24 bits per heavy atom. The molecule has 1 aliphatic carbocycles. The number of rotatable bonds is 6. The molecule has 1 saturated carbocycles. The van der Waals surface area contributed by atoms with E-state index in [4.69, 9.17) is 15.9 Å². The summed E-state index contributed by atoms with van der Waals surface area (Å²) < 4.78 is 0. The summed E-state index contributed by atoms with van der Waals surface area (Å²) in [5.74, 6) is -1.63. The van der Waals surface area contributed by atoms with Crippen LogP contribution in [0.3, 0.4) is 0 Å². The summed E-state index contributed by atoms with van der Waals surface area (Å²) >= 11 is 0. The zero-order chi connectivity index (χ0) is 15.3. The number of benzene rings is 1. The zero-order valence-electron chi connectivity index (χ0n) is 12.3. The number of nitrogens with one attached hydrogen (secondary N) is 1. The van der Waals surface area contributed by atoms with Gasteiger partial charge in [-0.05, 0) is 36.5 Å². The molecule has 118 valence electrons. The van der Waals surface area contributed by atoms with Gasteiger partial charge in [0.05, 0.1) is 6.10 Å². The van der Waals surface area contributed by atoms with E-state index in [9.17, 15) is 5.11 Å². The van der Waals surface area contributed by atoms with Crippen molar-refractivity contribution in [3.63, 3.8) is 0 Å². The van der Waals surface area contributed by atoms with Crippen LogP contribution in [0.2, 0.25) is 0 Å². The van der Waals surface area contributed by atoms with Crippen molar-refractivity contribution in [1.82, 2.24) is 0 Å². The number of hydrogen-bond donors (Lipinski definition) is 5. The lowest BCUT2D eigenvalue weighted by atomic mass is 9.89. The number of aliphatic hydroxyl groups excluding tert-OH is 1.